The third-order valence-corrected chi connectivity index (χ3v) is 8.01. The van der Waals surface area contributed by atoms with Gasteiger partial charge in [0.05, 0.1) is 34.8 Å². The minimum absolute atomic E-state index is 0.0384. The smallest absolute Gasteiger partial charge is 0.305 e. The summed E-state index contributed by atoms with van der Waals surface area (Å²) in [6.45, 7) is 5.21. The molecule has 184 valence electrons. The fourth-order valence-corrected chi connectivity index (χ4v) is 5.63. The maximum Gasteiger partial charge on any atom is 0.435 e. The maximum atomic E-state index is 13.5. The second-order valence-corrected chi connectivity index (χ2v) is 10.8. The van der Waals surface area contributed by atoms with Gasteiger partial charge in [0.15, 0.2) is 5.69 Å². The molecule has 2 aromatic carbocycles. The van der Waals surface area contributed by atoms with Crippen LogP contribution in [-0.4, -0.2) is 31.4 Å². The van der Waals surface area contributed by atoms with Gasteiger partial charge in [-0.2, -0.15) is 18.3 Å². The van der Waals surface area contributed by atoms with Crippen molar-refractivity contribution in [2.45, 2.75) is 31.8 Å². The molecule has 0 saturated carbocycles. The Labute approximate surface area is 195 Å². The Bertz CT molecular complexity index is 1330. The van der Waals surface area contributed by atoms with Crippen molar-refractivity contribution >= 4 is 22.9 Å². The van der Waals surface area contributed by atoms with Gasteiger partial charge in [-0.3, -0.25) is 4.57 Å². The van der Waals surface area contributed by atoms with E-state index in [4.69, 9.17) is 14.2 Å². The molecule has 0 spiro atoms. The highest BCUT2D eigenvalue weighted by Crippen LogP contribution is 2.48. The van der Waals surface area contributed by atoms with E-state index in [9.17, 15) is 26.2 Å². The van der Waals surface area contributed by atoms with Crippen LogP contribution in [0.15, 0.2) is 53.4 Å². The molecule has 8 nitrogen and oxygen atoms in total. The lowest BCUT2D eigenvalue weighted by atomic mass is 10.1. The van der Waals surface area contributed by atoms with Crippen LogP contribution in [0.25, 0.3) is 16.9 Å². The first-order chi connectivity index (χ1) is 15.8. The number of rotatable bonds is 8. The van der Waals surface area contributed by atoms with Crippen molar-refractivity contribution in [1.29, 1.82) is 0 Å². The van der Waals surface area contributed by atoms with E-state index in [0.29, 0.717) is 5.56 Å². The molecule has 0 bridgehead atoms. The first-order valence-electron chi connectivity index (χ1n) is 10.1. The van der Waals surface area contributed by atoms with Gasteiger partial charge >= 0.3 is 13.8 Å². The third kappa shape index (κ3) is 5.42. The van der Waals surface area contributed by atoms with Gasteiger partial charge in [-0.25, -0.2) is 18.2 Å². The molecule has 0 aliphatic rings. The summed E-state index contributed by atoms with van der Waals surface area (Å²) < 4.78 is 88.8. The second-order valence-electron chi connectivity index (χ2n) is 7.20. The maximum absolute atomic E-state index is 13.5. The number of hydrogen-bond acceptors (Lipinski definition) is 6. The molecule has 0 fully saturated rings. The first kappa shape index (κ1) is 26.1. The Morgan fingerprint density at radius 1 is 1.03 bits per heavy atom. The van der Waals surface area contributed by atoms with E-state index in [1.807, 2.05) is 0 Å². The van der Waals surface area contributed by atoms with Crippen LogP contribution in [0.5, 0.6) is 0 Å². The number of hydrogen-bond donors (Lipinski definition) is 1. The van der Waals surface area contributed by atoms with Gasteiger partial charge in [-0.1, -0.05) is 12.1 Å². The largest absolute Gasteiger partial charge is 0.435 e. The molecule has 1 heterocycles. The van der Waals surface area contributed by atoms with E-state index in [1.54, 1.807) is 32.9 Å². The number of benzene rings is 2. The van der Waals surface area contributed by atoms with Crippen LogP contribution < -0.4 is 10.4 Å². The van der Waals surface area contributed by atoms with Gasteiger partial charge in [0.1, 0.15) is 0 Å². The average Bonchev–Trinajstić information content (AvgIpc) is 3.20. The Morgan fingerprint density at radius 3 is 2.12 bits per heavy atom. The van der Waals surface area contributed by atoms with Crippen LogP contribution in [0.3, 0.4) is 0 Å². The molecule has 0 aliphatic heterocycles. The van der Waals surface area contributed by atoms with Crippen LogP contribution >= 0.6 is 7.60 Å². The molecule has 0 radical (unpaired) electrons. The van der Waals surface area contributed by atoms with Crippen molar-refractivity contribution in [1.82, 2.24) is 9.78 Å². The number of nitrogens with two attached hydrogens (primary N) is 1. The zero-order valence-corrected chi connectivity index (χ0v) is 20.2. The predicted octanol–water partition coefficient (Wildman–Crippen LogP) is 4.41. The Kier molecular flexibility index (Phi) is 7.40. The summed E-state index contributed by atoms with van der Waals surface area (Å²) in [4.78, 5) is -0.201. The molecular formula is C21H23F3N3O5PS. The summed E-state index contributed by atoms with van der Waals surface area (Å²) in [5.74, 6) is 0. The van der Waals surface area contributed by atoms with Gasteiger partial charge in [0.25, 0.3) is 0 Å². The molecule has 0 amide bonds. The number of halogens is 3. The zero-order chi connectivity index (χ0) is 25.3. The van der Waals surface area contributed by atoms with E-state index >= 15 is 0 Å². The summed E-state index contributed by atoms with van der Waals surface area (Å²) >= 11 is 0. The second kappa shape index (κ2) is 9.63. The molecule has 34 heavy (non-hydrogen) atoms. The predicted molar refractivity (Wildman–Crippen MR) is 121 cm³/mol. The average molecular weight is 517 g/mol. The fraction of sp³-hybridized carbons (Fsp3) is 0.286. The summed E-state index contributed by atoms with van der Waals surface area (Å²) in [6.07, 6.45) is -4.74. The topological polar surface area (TPSA) is 114 Å². The fourth-order valence-electron chi connectivity index (χ4n) is 3.28. The van der Waals surface area contributed by atoms with Crippen molar-refractivity contribution < 1.29 is 35.2 Å². The number of aromatic nitrogens is 2. The van der Waals surface area contributed by atoms with E-state index in [2.05, 4.69) is 5.10 Å². The normalized spacial score (nSPS) is 12.8. The van der Waals surface area contributed by atoms with E-state index < -0.39 is 29.5 Å². The summed E-state index contributed by atoms with van der Waals surface area (Å²) in [6, 6.07) is 10.4. The summed E-state index contributed by atoms with van der Waals surface area (Å²) in [5, 5.41) is 9.01. The van der Waals surface area contributed by atoms with Gasteiger partial charge < -0.3 is 9.05 Å². The molecular weight excluding hydrogens is 494 g/mol. The van der Waals surface area contributed by atoms with Crippen molar-refractivity contribution in [3.63, 3.8) is 0 Å². The van der Waals surface area contributed by atoms with Crippen LogP contribution in [0.2, 0.25) is 0 Å². The highest BCUT2D eigenvalue weighted by molar-refractivity contribution is 7.89. The van der Waals surface area contributed by atoms with Gasteiger partial charge in [0, 0.05) is 5.56 Å². The summed E-state index contributed by atoms with van der Waals surface area (Å²) in [5.41, 5.74) is -0.0976. The van der Waals surface area contributed by atoms with Crippen molar-refractivity contribution in [2.24, 2.45) is 5.14 Å². The molecule has 0 atom stereocenters. The van der Waals surface area contributed by atoms with Gasteiger partial charge in [0.2, 0.25) is 10.0 Å². The Morgan fingerprint density at radius 2 is 1.62 bits per heavy atom. The number of aryl methyl sites for hydroxylation is 1. The molecule has 13 heteroatoms. The lowest BCUT2D eigenvalue weighted by molar-refractivity contribution is -0.141. The quantitative estimate of drug-likeness (QED) is 0.443. The highest BCUT2D eigenvalue weighted by atomic mass is 32.2. The van der Waals surface area contributed by atoms with Crippen molar-refractivity contribution in [2.75, 3.05) is 13.2 Å². The van der Waals surface area contributed by atoms with E-state index in [-0.39, 0.29) is 40.4 Å². The standard InChI is InChI=1S/C21H23F3N3O5PS/c1-4-31-33(28,32-5-2)19-12-15(7-6-14(19)3)18-13-20(21(22,23)24)26-27(18)16-8-10-17(11-9-16)34(25,29)30/h6-13H,4-5H2,1-3H3,(H2,25,29,30). The number of primary sulfonamides is 1. The van der Waals surface area contributed by atoms with Crippen LogP contribution in [-0.2, 0) is 29.8 Å². The van der Waals surface area contributed by atoms with E-state index in [0.717, 1.165) is 10.7 Å². The molecule has 1 aromatic heterocycles. The van der Waals surface area contributed by atoms with Crippen LogP contribution in [0.4, 0.5) is 13.2 Å². The van der Waals surface area contributed by atoms with Crippen molar-refractivity contribution in [3.8, 4) is 16.9 Å². The van der Waals surface area contributed by atoms with Crippen LogP contribution in [0, 0.1) is 6.92 Å². The lowest BCUT2D eigenvalue weighted by Gasteiger charge is -2.20. The third-order valence-electron chi connectivity index (χ3n) is 4.81. The molecule has 3 rings (SSSR count). The highest BCUT2D eigenvalue weighted by Gasteiger charge is 2.36. The number of nitrogens with zero attached hydrogens (tertiary/aromatic N) is 2. The zero-order valence-electron chi connectivity index (χ0n) is 18.5. The summed E-state index contributed by atoms with van der Waals surface area (Å²) in [7, 11) is -7.72. The molecule has 0 saturated heterocycles. The van der Waals surface area contributed by atoms with Gasteiger partial charge in [-0.15, -0.1) is 0 Å². The first-order valence-corrected chi connectivity index (χ1v) is 13.2. The monoisotopic (exact) mass is 517 g/mol. The lowest BCUT2D eigenvalue weighted by Crippen LogP contribution is -2.14. The van der Waals surface area contributed by atoms with E-state index in [1.165, 1.54) is 30.3 Å². The number of sulfonamides is 1. The minimum Gasteiger partial charge on any atom is -0.305 e. The SMILES string of the molecule is CCOP(=O)(OCC)c1cc(-c2cc(C(F)(F)F)nn2-c2ccc(S(N)(=O)=O)cc2)ccc1C. The van der Waals surface area contributed by atoms with Gasteiger partial charge in [-0.05, 0) is 62.7 Å². The Balaban J connectivity index is 2.22. The van der Waals surface area contributed by atoms with Crippen molar-refractivity contribution in [3.05, 3.63) is 59.8 Å². The molecule has 3 aromatic rings. The molecule has 0 aliphatic carbocycles. The molecule has 0 unspecified atom stereocenters. The number of alkyl halides is 3. The Hall–Kier alpha value is -2.50. The minimum atomic E-state index is -4.74. The van der Waals surface area contributed by atoms with Crippen LogP contribution in [0.1, 0.15) is 25.1 Å². The molecule has 2 N–H and O–H groups in total.